The Morgan fingerprint density at radius 2 is 1.81 bits per heavy atom. The first-order chi connectivity index (χ1) is 13.1. The molecule has 5 nitrogen and oxygen atoms in total. The highest BCUT2D eigenvalue weighted by atomic mass is 79.9. The van der Waals surface area contributed by atoms with Gasteiger partial charge in [-0.2, -0.15) is 0 Å². The number of likely N-dealkylation sites (tertiary alicyclic amines) is 1. The summed E-state index contributed by atoms with van der Waals surface area (Å²) in [6.45, 7) is 3.78. The molecule has 3 rings (SSSR count). The second kappa shape index (κ2) is 9.04. The van der Waals surface area contributed by atoms with Gasteiger partial charge >= 0.3 is 0 Å². The molecule has 1 fully saturated rings. The van der Waals surface area contributed by atoms with E-state index in [0.29, 0.717) is 43.8 Å². The third-order valence-corrected chi connectivity index (χ3v) is 5.13. The van der Waals surface area contributed by atoms with Gasteiger partial charge in [-0.3, -0.25) is 9.59 Å². The van der Waals surface area contributed by atoms with Gasteiger partial charge in [-0.1, -0.05) is 22.0 Å². The average Bonchev–Trinajstić information content (AvgIpc) is 2.68. The molecule has 1 aliphatic heterocycles. The van der Waals surface area contributed by atoms with Gasteiger partial charge in [-0.15, -0.1) is 0 Å². The molecule has 0 spiro atoms. The number of hydrogen-bond donors (Lipinski definition) is 1. The van der Waals surface area contributed by atoms with Crippen molar-refractivity contribution in [3.8, 4) is 11.5 Å². The lowest BCUT2D eigenvalue weighted by Crippen LogP contribution is -2.43. The van der Waals surface area contributed by atoms with Gasteiger partial charge in [0.15, 0.2) is 0 Å². The largest absolute Gasteiger partial charge is 0.457 e. The maximum Gasteiger partial charge on any atom is 0.253 e. The Morgan fingerprint density at radius 3 is 2.44 bits per heavy atom. The number of ether oxygens (including phenoxy) is 1. The van der Waals surface area contributed by atoms with Crippen LogP contribution in [0.25, 0.3) is 0 Å². The second-order valence-electron chi connectivity index (χ2n) is 6.54. The minimum atomic E-state index is -0.00152. The van der Waals surface area contributed by atoms with Crippen LogP contribution in [-0.4, -0.2) is 36.3 Å². The van der Waals surface area contributed by atoms with Gasteiger partial charge in [0, 0.05) is 35.6 Å². The molecule has 0 aliphatic carbocycles. The summed E-state index contributed by atoms with van der Waals surface area (Å²) < 4.78 is 6.75. The van der Waals surface area contributed by atoms with Crippen LogP contribution in [0.4, 0.5) is 0 Å². The number of nitrogens with one attached hydrogen (secondary N) is 1. The topological polar surface area (TPSA) is 58.6 Å². The van der Waals surface area contributed by atoms with Gasteiger partial charge in [0.2, 0.25) is 5.91 Å². The predicted molar refractivity (Wildman–Crippen MR) is 108 cm³/mol. The summed E-state index contributed by atoms with van der Waals surface area (Å²) in [6.07, 6.45) is 1.42. The molecule has 0 unspecified atom stereocenters. The van der Waals surface area contributed by atoms with Gasteiger partial charge in [0.1, 0.15) is 11.5 Å². The molecule has 1 heterocycles. The molecule has 27 heavy (non-hydrogen) atoms. The van der Waals surface area contributed by atoms with E-state index in [1.54, 1.807) is 24.3 Å². The van der Waals surface area contributed by atoms with Crippen molar-refractivity contribution in [2.75, 3.05) is 19.6 Å². The van der Waals surface area contributed by atoms with Gasteiger partial charge in [0.25, 0.3) is 5.91 Å². The minimum Gasteiger partial charge on any atom is -0.457 e. The lowest BCUT2D eigenvalue weighted by atomic mass is 9.95. The Kier molecular flexibility index (Phi) is 6.50. The van der Waals surface area contributed by atoms with E-state index < -0.39 is 0 Å². The third kappa shape index (κ3) is 5.10. The van der Waals surface area contributed by atoms with Crippen molar-refractivity contribution < 1.29 is 14.3 Å². The van der Waals surface area contributed by atoms with Crippen molar-refractivity contribution in [2.45, 2.75) is 19.8 Å². The summed E-state index contributed by atoms with van der Waals surface area (Å²) in [7, 11) is 0. The fraction of sp³-hybridized carbons (Fsp3) is 0.333. The number of nitrogens with zero attached hydrogens (tertiary/aromatic N) is 1. The number of rotatable bonds is 5. The number of carbonyl (C=O) groups is 2. The molecule has 6 heteroatoms. The van der Waals surface area contributed by atoms with Crippen LogP contribution in [0.1, 0.15) is 30.1 Å². The Morgan fingerprint density at radius 1 is 1.11 bits per heavy atom. The fourth-order valence-electron chi connectivity index (χ4n) is 3.18. The van der Waals surface area contributed by atoms with Crippen LogP contribution in [-0.2, 0) is 4.79 Å². The molecule has 0 atom stereocenters. The first-order valence-corrected chi connectivity index (χ1v) is 9.96. The summed E-state index contributed by atoms with van der Waals surface area (Å²) in [5.41, 5.74) is 0.632. The standard InChI is InChI=1S/C21H23BrN2O3/c1-2-23-20(25)15-10-12-24(13-11-15)21(26)16-6-8-18(9-7-16)27-19-5-3-4-17(22)14-19/h3-9,14-15H,2,10-13H2,1H3,(H,23,25). The Balaban J connectivity index is 1.57. The SMILES string of the molecule is CCNC(=O)C1CCN(C(=O)c2ccc(Oc3cccc(Br)c3)cc2)CC1. The molecular weight excluding hydrogens is 408 g/mol. The van der Waals surface area contributed by atoms with Gasteiger partial charge in [-0.25, -0.2) is 0 Å². The maximum atomic E-state index is 12.7. The lowest BCUT2D eigenvalue weighted by Gasteiger charge is -2.31. The highest BCUT2D eigenvalue weighted by Crippen LogP contribution is 2.25. The van der Waals surface area contributed by atoms with Crippen molar-refractivity contribution in [1.29, 1.82) is 0 Å². The molecule has 1 N–H and O–H groups in total. The molecule has 0 bridgehead atoms. The Bertz CT molecular complexity index is 799. The molecule has 0 aromatic heterocycles. The number of hydrogen-bond acceptors (Lipinski definition) is 3. The molecular formula is C21H23BrN2O3. The molecule has 2 aromatic carbocycles. The smallest absolute Gasteiger partial charge is 0.253 e. The predicted octanol–water partition coefficient (Wildman–Crippen LogP) is 4.23. The first-order valence-electron chi connectivity index (χ1n) is 9.17. The summed E-state index contributed by atoms with van der Waals surface area (Å²) in [5.74, 6) is 1.52. The van der Waals surface area contributed by atoms with Gasteiger partial charge < -0.3 is 15.0 Å². The van der Waals surface area contributed by atoms with Gasteiger partial charge in [0.05, 0.1) is 0 Å². The van der Waals surface area contributed by atoms with Crippen LogP contribution in [0.15, 0.2) is 53.0 Å². The number of amides is 2. The van der Waals surface area contributed by atoms with Crippen LogP contribution < -0.4 is 10.1 Å². The van der Waals surface area contributed by atoms with E-state index in [0.717, 1.165) is 10.2 Å². The Labute approximate surface area is 167 Å². The zero-order valence-corrected chi connectivity index (χ0v) is 16.9. The average molecular weight is 431 g/mol. The molecule has 1 saturated heterocycles. The van der Waals surface area contributed by atoms with E-state index in [9.17, 15) is 9.59 Å². The second-order valence-corrected chi connectivity index (χ2v) is 7.46. The quantitative estimate of drug-likeness (QED) is 0.771. The number of benzene rings is 2. The van der Waals surface area contributed by atoms with E-state index in [-0.39, 0.29) is 17.7 Å². The Hall–Kier alpha value is -2.34. The fourth-order valence-corrected chi connectivity index (χ4v) is 3.56. The third-order valence-electron chi connectivity index (χ3n) is 4.64. The van der Waals surface area contributed by atoms with Crippen LogP contribution in [0.5, 0.6) is 11.5 Å². The molecule has 142 valence electrons. The highest BCUT2D eigenvalue weighted by Gasteiger charge is 2.27. The summed E-state index contributed by atoms with van der Waals surface area (Å²) in [5, 5.41) is 2.86. The minimum absolute atomic E-state index is 0.00152. The van der Waals surface area contributed by atoms with E-state index >= 15 is 0 Å². The molecule has 2 aromatic rings. The normalized spacial score (nSPS) is 14.7. The molecule has 0 radical (unpaired) electrons. The lowest BCUT2D eigenvalue weighted by molar-refractivity contribution is -0.126. The van der Waals surface area contributed by atoms with E-state index in [4.69, 9.17) is 4.74 Å². The monoisotopic (exact) mass is 430 g/mol. The van der Waals surface area contributed by atoms with Crippen LogP contribution >= 0.6 is 15.9 Å². The number of piperidine rings is 1. The maximum absolute atomic E-state index is 12.7. The van der Waals surface area contributed by atoms with Crippen molar-refractivity contribution in [3.63, 3.8) is 0 Å². The number of halogens is 1. The summed E-state index contributed by atoms with van der Waals surface area (Å²) in [6, 6.07) is 14.8. The zero-order valence-electron chi connectivity index (χ0n) is 15.3. The zero-order chi connectivity index (χ0) is 19.2. The summed E-state index contributed by atoms with van der Waals surface area (Å²) in [4.78, 5) is 26.4. The molecule has 0 saturated carbocycles. The summed E-state index contributed by atoms with van der Waals surface area (Å²) >= 11 is 3.42. The van der Waals surface area contributed by atoms with Gasteiger partial charge in [-0.05, 0) is 62.2 Å². The van der Waals surface area contributed by atoms with E-state index in [2.05, 4.69) is 21.2 Å². The van der Waals surface area contributed by atoms with Crippen molar-refractivity contribution >= 4 is 27.7 Å². The molecule has 2 amide bonds. The first kappa shape index (κ1) is 19.4. The van der Waals surface area contributed by atoms with Crippen LogP contribution in [0, 0.1) is 5.92 Å². The van der Waals surface area contributed by atoms with Crippen LogP contribution in [0.2, 0.25) is 0 Å². The van der Waals surface area contributed by atoms with Crippen molar-refractivity contribution in [1.82, 2.24) is 10.2 Å². The molecule has 1 aliphatic rings. The van der Waals surface area contributed by atoms with Crippen LogP contribution in [0.3, 0.4) is 0 Å². The van der Waals surface area contributed by atoms with Crippen molar-refractivity contribution in [3.05, 3.63) is 58.6 Å². The number of carbonyl (C=O) groups excluding carboxylic acids is 2. The van der Waals surface area contributed by atoms with E-state index in [1.807, 2.05) is 36.1 Å². The van der Waals surface area contributed by atoms with E-state index in [1.165, 1.54) is 0 Å². The highest BCUT2D eigenvalue weighted by molar-refractivity contribution is 9.10. The van der Waals surface area contributed by atoms with Crippen molar-refractivity contribution in [2.24, 2.45) is 5.92 Å².